The molecular weight excluding hydrogens is 454 g/mol. The monoisotopic (exact) mass is 491 g/mol. The molecule has 1 unspecified atom stereocenters. The summed E-state index contributed by atoms with van der Waals surface area (Å²) in [5.74, 6) is 1.10. The van der Waals surface area contributed by atoms with Gasteiger partial charge in [0.25, 0.3) is 5.91 Å². The number of amides is 1. The van der Waals surface area contributed by atoms with Crippen LogP contribution in [0.1, 0.15) is 67.3 Å². The molecule has 0 bridgehead atoms. The van der Waals surface area contributed by atoms with E-state index < -0.39 is 0 Å². The molecule has 192 valence electrons. The van der Waals surface area contributed by atoms with Gasteiger partial charge in [-0.25, -0.2) is 20.3 Å². The second kappa shape index (κ2) is 11.8. The molecule has 2 aliphatic heterocycles. The van der Waals surface area contributed by atoms with Gasteiger partial charge in [-0.15, -0.1) is 0 Å². The van der Waals surface area contributed by atoms with Crippen LogP contribution in [-0.2, 0) is 23.0 Å². The van der Waals surface area contributed by atoms with Gasteiger partial charge in [0.1, 0.15) is 0 Å². The number of hydrogen-bond donors (Lipinski definition) is 1. The van der Waals surface area contributed by atoms with Crippen molar-refractivity contribution >= 4 is 22.8 Å². The Labute approximate surface area is 213 Å². The third-order valence-corrected chi connectivity index (χ3v) is 7.51. The molecule has 2 aromatic heterocycles. The Kier molecular flexibility index (Phi) is 8.13. The van der Waals surface area contributed by atoms with Gasteiger partial charge in [0, 0.05) is 62.7 Å². The molecule has 2 saturated heterocycles. The van der Waals surface area contributed by atoms with Gasteiger partial charge in [0.05, 0.1) is 5.56 Å². The van der Waals surface area contributed by atoms with Crippen LogP contribution in [-0.4, -0.2) is 46.4 Å². The highest BCUT2D eigenvalue weighted by Gasteiger charge is 2.22. The Morgan fingerprint density at radius 2 is 1.92 bits per heavy atom. The van der Waals surface area contributed by atoms with E-state index in [9.17, 15) is 4.79 Å². The average molecular weight is 492 g/mol. The number of carbonyl (C=O) groups excluding carboxylic acids is 1. The first-order valence-corrected chi connectivity index (χ1v) is 13.3. The van der Waals surface area contributed by atoms with Crippen LogP contribution in [0.2, 0.25) is 0 Å². The Balaban J connectivity index is 1.02. The van der Waals surface area contributed by atoms with Crippen molar-refractivity contribution in [3.63, 3.8) is 0 Å². The predicted octanol–water partition coefficient (Wildman–Crippen LogP) is 4.79. The fraction of sp³-hybridized carbons (Fsp3) is 0.536. The van der Waals surface area contributed by atoms with Crippen molar-refractivity contribution in [1.82, 2.24) is 20.0 Å². The zero-order valence-electron chi connectivity index (χ0n) is 21.2. The molecule has 0 saturated carbocycles. The first-order valence-electron chi connectivity index (χ1n) is 13.3. The predicted molar refractivity (Wildman–Crippen MR) is 140 cm³/mol. The highest BCUT2D eigenvalue weighted by molar-refractivity contribution is 5.92. The topological polar surface area (TPSA) is 81.5 Å². The number of rotatable bonds is 9. The van der Waals surface area contributed by atoms with Gasteiger partial charge in [-0.05, 0) is 56.1 Å². The number of anilines is 1. The molecule has 8 heteroatoms. The molecule has 1 N–H and O–H groups in total. The summed E-state index contributed by atoms with van der Waals surface area (Å²) in [6.07, 6.45) is 15.2. The standard InChI is InChI=1S/C28H37N5O3/c1-32-20-22(24-10-4-5-11-25(24)32)9-3-2-8-21-13-15-33(16-14-21)28-29-18-23(19-30-28)27(34)31-36-26-12-6-7-17-35-26/h4-5,10-11,18-21,26H,2-3,6-9,12-17H2,1H3,(H,31,34). The normalized spacial score (nSPS) is 19.0. The van der Waals surface area contributed by atoms with Gasteiger partial charge in [-0.3, -0.25) is 4.79 Å². The summed E-state index contributed by atoms with van der Waals surface area (Å²) in [7, 11) is 2.13. The van der Waals surface area contributed by atoms with E-state index in [0.29, 0.717) is 18.1 Å². The quantitative estimate of drug-likeness (QED) is 0.343. The van der Waals surface area contributed by atoms with E-state index in [-0.39, 0.29) is 12.2 Å². The minimum absolute atomic E-state index is 0.349. The van der Waals surface area contributed by atoms with E-state index in [1.807, 2.05) is 0 Å². The van der Waals surface area contributed by atoms with Gasteiger partial charge >= 0.3 is 0 Å². The van der Waals surface area contributed by atoms with Crippen molar-refractivity contribution < 1.29 is 14.4 Å². The molecule has 2 fully saturated rings. The van der Waals surface area contributed by atoms with E-state index in [1.54, 1.807) is 12.4 Å². The Morgan fingerprint density at radius 1 is 1.11 bits per heavy atom. The maximum atomic E-state index is 12.3. The van der Waals surface area contributed by atoms with Crippen molar-refractivity contribution in [3.05, 3.63) is 54.0 Å². The van der Waals surface area contributed by atoms with Gasteiger partial charge in [0.15, 0.2) is 6.29 Å². The van der Waals surface area contributed by atoms with E-state index in [2.05, 4.69) is 62.4 Å². The number of hydrogen-bond acceptors (Lipinski definition) is 6. The number of unbranched alkanes of at least 4 members (excludes halogenated alkanes) is 1. The molecule has 36 heavy (non-hydrogen) atoms. The van der Waals surface area contributed by atoms with E-state index in [1.165, 1.54) is 35.7 Å². The SMILES string of the molecule is Cn1cc(CCCCC2CCN(c3ncc(C(=O)NOC4CCCCO4)cn3)CC2)c2ccccc21. The molecule has 2 aliphatic rings. The lowest BCUT2D eigenvalue weighted by atomic mass is 9.91. The molecule has 1 atom stereocenters. The Morgan fingerprint density at radius 3 is 2.69 bits per heavy atom. The van der Waals surface area contributed by atoms with Crippen LogP contribution in [0.3, 0.4) is 0 Å². The highest BCUT2D eigenvalue weighted by Crippen LogP contribution is 2.26. The molecule has 0 spiro atoms. The molecular formula is C28H37N5O3. The largest absolute Gasteiger partial charge is 0.350 e. The summed E-state index contributed by atoms with van der Waals surface area (Å²) in [4.78, 5) is 28.8. The minimum atomic E-state index is -0.373. The van der Waals surface area contributed by atoms with E-state index in [4.69, 9.17) is 9.57 Å². The fourth-order valence-electron chi connectivity index (χ4n) is 5.38. The van der Waals surface area contributed by atoms with Gasteiger partial charge < -0.3 is 14.2 Å². The maximum Gasteiger partial charge on any atom is 0.278 e. The van der Waals surface area contributed by atoms with Crippen LogP contribution < -0.4 is 10.4 Å². The van der Waals surface area contributed by atoms with Crippen LogP contribution in [0.5, 0.6) is 0 Å². The smallest absolute Gasteiger partial charge is 0.278 e. The number of ether oxygens (including phenoxy) is 1. The summed E-state index contributed by atoms with van der Waals surface area (Å²) in [5.41, 5.74) is 5.63. The number of fused-ring (bicyclic) bond motifs is 1. The summed E-state index contributed by atoms with van der Waals surface area (Å²) in [6, 6.07) is 8.67. The molecule has 0 aliphatic carbocycles. The van der Waals surface area contributed by atoms with Crippen molar-refractivity contribution in [1.29, 1.82) is 0 Å². The number of nitrogens with one attached hydrogen (secondary N) is 1. The number of hydroxylamine groups is 1. The fourth-order valence-corrected chi connectivity index (χ4v) is 5.38. The lowest BCUT2D eigenvalue weighted by molar-refractivity contribution is -0.186. The van der Waals surface area contributed by atoms with Crippen LogP contribution in [0, 0.1) is 5.92 Å². The van der Waals surface area contributed by atoms with Crippen LogP contribution >= 0.6 is 0 Å². The molecule has 8 nitrogen and oxygen atoms in total. The molecule has 3 aromatic rings. The number of aromatic nitrogens is 3. The van der Waals surface area contributed by atoms with Crippen LogP contribution in [0.4, 0.5) is 5.95 Å². The third-order valence-electron chi connectivity index (χ3n) is 7.51. The second-order valence-corrected chi connectivity index (χ2v) is 10.1. The number of benzene rings is 1. The maximum absolute atomic E-state index is 12.3. The number of piperidine rings is 1. The molecule has 1 aromatic carbocycles. The summed E-state index contributed by atoms with van der Waals surface area (Å²) in [5, 5.41) is 1.39. The molecule has 0 radical (unpaired) electrons. The number of carbonyl (C=O) groups is 1. The van der Waals surface area contributed by atoms with E-state index >= 15 is 0 Å². The second-order valence-electron chi connectivity index (χ2n) is 10.1. The van der Waals surface area contributed by atoms with Crippen molar-refractivity contribution in [2.75, 3.05) is 24.6 Å². The van der Waals surface area contributed by atoms with Gasteiger partial charge in [0.2, 0.25) is 5.95 Å². The molecule has 5 rings (SSSR count). The summed E-state index contributed by atoms with van der Waals surface area (Å²) in [6.45, 7) is 2.59. The Hall–Kier alpha value is -2.97. The van der Waals surface area contributed by atoms with Gasteiger partial charge in [-0.1, -0.05) is 31.0 Å². The van der Waals surface area contributed by atoms with Crippen molar-refractivity contribution in [2.45, 2.75) is 64.1 Å². The Bertz CT molecular complexity index is 1130. The summed E-state index contributed by atoms with van der Waals surface area (Å²) >= 11 is 0. The van der Waals surface area contributed by atoms with Crippen LogP contribution in [0.15, 0.2) is 42.9 Å². The first-order chi connectivity index (χ1) is 17.7. The average Bonchev–Trinajstić information content (AvgIpc) is 3.26. The first kappa shape index (κ1) is 24.7. The van der Waals surface area contributed by atoms with Crippen molar-refractivity contribution in [3.8, 4) is 0 Å². The zero-order chi connectivity index (χ0) is 24.7. The lowest BCUT2D eigenvalue weighted by Gasteiger charge is -2.32. The highest BCUT2D eigenvalue weighted by atomic mass is 16.8. The lowest BCUT2D eigenvalue weighted by Crippen LogP contribution is -2.35. The number of aryl methyl sites for hydroxylation is 2. The van der Waals surface area contributed by atoms with Crippen molar-refractivity contribution in [2.24, 2.45) is 13.0 Å². The molecule has 1 amide bonds. The third kappa shape index (κ3) is 6.05. The van der Waals surface area contributed by atoms with Crippen LogP contribution in [0.25, 0.3) is 10.9 Å². The van der Waals surface area contributed by atoms with E-state index in [0.717, 1.165) is 57.5 Å². The molecule has 4 heterocycles. The zero-order valence-corrected chi connectivity index (χ0v) is 21.2. The number of nitrogens with zero attached hydrogens (tertiary/aromatic N) is 4. The number of para-hydroxylation sites is 1. The minimum Gasteiger partial charge on any atom is -0.350 e. The summed E-state index contributed by atoms with van der Waals surface area (Å²) < 4.78 is 7.70. The van der Waals surface area contributed by atoms with Gasteiger partial charge in [-0.2, -0.15) is 0 Å².